The van der Waals surface area contributed by atoms with Crippen LogP contribution in [0.4, 0.5) is 5.69 Å². The number of hydrogen-bond donors (Lipinski definition) is 0. The Labute approximate surface area is 122 Å². The van der Waals surface area contributed by atoms with E-state index in [9.17, 15) is 18.5 Å². The van der Waals surface area contributed by atoms with E-state index in [1.807, 2.05) is 30.3 Å². The summed E-state index contributed by atoms with van der Waals surface area (Å²) in [6.07, 6.45) is 0.601. The smallest absolute Gasteiger partial charge is 0.258 e. The molecule has 0 saturated heterocycles. The van der Waals surface area contributed by atoms with E-state index in [4.69, 9.17) is 0 Å². The molecular weight excluding hydrogens is 290 g/mol. The molecule has 108 valence electrons. The van der Waals surface area contributed by atoms with Crippen molar-refractivity contribution in [1.29, 1.82) is 0 Å². The van der Waals surface area contributed by atoms with Crippen LogP contribution < -0.4 is 0 Å². The van der Waals surface area contributed by atoms with E-state index in [0.29, 0.717) is 6.42 Å². The quantitative estimate of drug-likeness (QED) is 0.642. The third kappa shape index (κ3) is 2.54. The standard InChI is InChI=1S/C15H13NO4S/c17-16(18)12-6-8-13(9-7-12)21(19,20)15-10-14(15)11-4-2-1-3-5-11/h1-9,14-15H,10H2/t14-,15+/m0/s1. The summed E-state index contributed by atoms with van der Waals surface area (Å²) in [4.78, 5) is 10.2. The number of nitro groups is 1. The SMILES string of the molecule is O=[N+]([O-])c1ccc(S(=O)(=O)[C@@H]2C[C@H]2c2ccccc2)cc1. The Kier molecular flexibility index (Phi) is 3.25. The maximum Gasteiger partial charge on any atom is 0.269 e. The lowest BCUT2D eigenvalue weighted by molar-refractivity contribution is -0.384. The Hall–Kier alpha value is -2.21. The van der Waals surface area contributed by atoms with Gasteiger partial charge in [-0.1, -0.05) is 30.3 Å². The molecule has 1 aliphatic rings. The molecule has 0 amide bonds. The molecule has 0 spiro atoms. The summed E-state index contributed by atoms with van der Waals surface area (Å²) in [5, 5.41) is 10.2. The van der Waals surface area contributed by atoms with E-state index in [-0.39, 0.29) is 16.5 Å². The van der Waals surface area contributed by atoms with Gasteiger partial charge in [0.25, 0.3) is 5.69 Å². The first-order valence-electron chi connectivity index (χ1n) is 6.53. The monoisotopic (exact) mass is 303 g/mol. The van der Waals surface area contributed by atoms with Gasteiger partial charge in [0.2, 0.25) is 0 Å². The first-order valence-corrected chi connectivity index (χ1v) is 8.08. The third-order valence-electron chi connectivity index (χ3n) is 3.73. The summed E-state index contributed by atoms with van der Waals surface area (Å²) >= 11 is 0. The molecule has 0 bridgehead atoms. The second kappa shape index (κ2) is 4.96. The van der Waals surface area contributed by atoms with Crippen LogP contribution >= 0.6 is 0 Å². The number of sulfone groups is 1. The molecule has 0 aliphatic heterocycles. The molecule has 0 unspecified atom stereocenters. The van der Waals surface area contributed by atoms with Crippen molar-refractivity contribution in [1.82, 2.24) is 0 Å². The molecule has 1 saturated carbocycles. The normalized spacial score (nSPS) is 21.0. The molecule has 2 aromatic rings. The van der Waals surface area contributed by atoms with Crippen LogP contribution in [0.1, 0.15) is 17.9 Å². The molecule has 5 nitrogen and oxygen atoms in total. The van der Waals surface area contributed by atoms with Gasteiger partial charge in [-0.2, -0.15) is 0 Å². The van der Waals surface area contributed by atoms with Gasteiger partial charge in [0.1, 0.15) is 0 Å². The topological polar surface area (TPSA) is 77.3 Å². The van der Waals surface area contributed by atoms with Crippen molar-refractivity contribution in [2.24, 2.45) is 0 Å². The van der Waals surface area contributed by atoms with Crippen LogP contribution in [0.25, 0.3) is 0 Å². The fraction of sp³-hybridized carbons (Fsp3) is 0.200. The zero-order valence-electron chi connectivity index (χ0n) is 11.0. The molecule has 3 rings (SSSR count). The van der Waals surface area contributed by atoms with E-state index < -0.39 is 20.0 Å². The van der Waals surface area contributed by atoms with Crippen LogP contribution in [0, 0.1) is 10.1 Å². The van der Waals surface area contributed by atoms with Gasteiger partial charge in [-0.25, -0.2) is 8.42 Å². The number of nitrogens with zero attached hydrogens (tertiary/aromatic N) is 1. The highest BCUT2D eigenvalue weighted by atomic mass is 32.2. The number of rotatable bonds is 4. The highest BCUT2D eigenvalue weighted by Gasteiger charge is 2.48. The van der Waals surface area contributed by atoms with Crippen molar-refractivity contribution >= 4 is 15.5 Å². The number of hydrogen-bond acceptors (Lipinski definition) is 4. The van der Waals surface area contributed by atoms with Crippen molar-refractivity contribution in [3.8, 4) is 0 Å². The fourth-order valence-corrected chi connectivity index (χ4v) is 4.41. The summed E-state index contributed by atoms with van der Waals surface area (Å²) in [7, 11) is -3.43. The highest BCUT2D eigenvalue weighted by Crippen LogP contribution is 2.48. The van der Waals surface area contributed by atoms with Gasteiger partial charge in [-0.3, -0.25) is 10.1 Å². The van der Waals surface area contributed by atoms with Crippen LogP contribution in [0.3, 0.4) is 0 Å². The van der Waals surface area contributed by atoms with E-state index in [1.165, 1.54) is 24.3 Å². The van der Waals surface area contributed by atoms with Crippen molar-refractivity contribution in [2.75, 3.05) is 0 Å². The molecular formula is C15H13NO4S. The number of benzene rings is 2. The highest BCUT2D eigenvalue weighted by molar-refractivity contribution is 7.92. The Morgan fingerprint density at radius 3 is 2.19 bits per heavy atom. The van der Waals surface area contributed by atoms with Crippen molar-refractivity contribution < 1.29 is 13.3 Å². The van der Waals surface area contributed by atoms with Crippen LogP contribution in [0.5, 0.6) is 0 Å². The Bertz CT molecular complexity index is 769. The zero-order chi connectivity index (χ0) is 15.0. The number of non-ortho nitro benzene ring substituents is 1. The summed E-state index contributed by atoms with van der Waals surface area (Å²) < 4.78 is 25.0. The van der Waals surface area contributed by atoms with Gasteiger partial charge in [-0.05, 0) is 24.1 Å². The summed E-state index contributed by atoms with van der Waals surface area (Å²) in [5.74, 6) is 0.0198. The largest absolute Gasteiger partial charge is 0.269 e. The predicted octanol–water partition coefficient (Wildman–Crippen LogP) is 2.92. The zero-order valence-corrected chi connectivity index (χ0v) is 11.9. The van der Waals surface area contributed by atoms with Crippen LogP contribution in [0.2, 0.25) is 0 Å². The van der Waals surface area contributed by atoms with Crippen molar-refractivity contribution in [3.05, 3.63) is 70.3 Å². The van der Waals surface area contributed by atoms with E-state index in [0.717, 1.165) is 5.56 Å². The molecule has 21 heavy (non-hydrogen) atoms. The fourth-order valence-electron chi connectivity index (χ4n) is 2.50. The summed E-state index contributed by atoms with van der Waals surface area (Å²) in [5.41, 5.74) is 0.914. The number of nitro benzene ring substituents is 1. The molecule has 0 aromatic heterocycles. The predicted molar refractivity (Wildman–Crippen MR) is 77.9 cm³/mol. The van der Waals surface area contributed by atoms with Gasteiger partial charge in [-0.15, -0.1) is 0 Å². The summed E-state index contributed by atoms with van der Waals surface area (Å²) in [6.45, 7) is 0. The van der Waals surface area contributed by atoms with Gasteiger partial charge >= 0.3 is 0 Å². The Morgan fingerprint density at radius 1 is 1.00 bits per heavy atom. The van der Waals surface area contributed by atoms with Gasteiger partial charge in [0.15, 0.2) is 9.84 Å². The lowest BCUT2D eigenvalue weighted by Crippen LogP contribution is -2.09. The van der Waals surface area contributed by atoms with Crippen LogP contribution in [0.15, 0.2) is 59.5 Å². The first kappa shape index (κ1) is 13.8. The lowest BCUT2D eigenvalue weighted by atomic mass is 10.1. The van der Waals surface area contributed by atoms with Gasteiger partial charge in [0.05, 0.1) is 15.1 Å². The third-order valence-corrected chi connectivity index (χ3v) is 5.98. The molecule has 0 radical (unpaired) electrons. The van der Waals surface area contributed by atoms with Crippen molar-refractivity contribution in [2.45, 2.75) is 22.5 Å². The minimum absolute atomic E-state index is 0.0198. The first-order chi connectivity index (χ1) is 10.00. The molecule has 1 aliphatic carbocycles. The molecule has 6 heteroatoms. The van der Waals surface area contributed by atoms with E-state index in [2.05, 4.69) is 0 Å². The lowest BCUT2D eigenvalue weighted by Gasteiger charge is -2.04. The summed E-state index contributed by atoms with van der Waals surface area (Å²) in [6, 6.07) is 14.6. The van der Waals surface area contributed by atoms with Gasteiger partial charge in [0, 0.05) is 18.1 Å². The van der Waals surface area contributed by atoms with Crippen molar-refractivity contribution in [3.63, 3.8) is 0 Å². The van der Waals surface area contributed by atoms with Gasteiger partial charge < -0.3 is 0 Å². The van der Waals surface area contributed by atoms with Crippen LogP contribution in [-0.2, 0) is 9.84 Å². The molecule has 2 atom stereocenters. The van der Waals surface area contributed by atoms with Crippen LogP contribution in [-0.4, -0.2) is 18.6 Å². The minimum Gasteiger partial charge on any atom is -0.258 e. The maximum absolute atomic E-state index is 12.5. The average Bonchev–Trinajstić information content (AvgIpc) is 3.29. The molecule has 1 fully saturated rings. The molecule has 0 heterocycles. The van der Waals surface area contributed by atoms with E-state index in [1.54, 1.807) is 0 Å². The molecule has 0 N–H and O–H groups in total. The second-order valence-electron chi connectivity index (χ2n) is 5.09. The molecule has 2 aromatic carbocycles. The Balaban J connectivity index is 1.84. The second-order valence-corrected chi connectivity index (χ2v) is 7.25. The Morgan fingerprint density at radius 2 is 1.62 bits per heavy atom. The average molecular weight is 303 g/mol. The maximum atomic E-state index is 12.5. The minimum atomic E-state index is -3.43. The van der Waals surface area contributed by atoms with E-state index >= 15 is 0 Å².